The molecule has 0 radical (unpaired) electrons. The normalized spacial score (nSPS) is 17.9. The molecule has 2 N–H and O–H groups in total. The standard InChI is InChI=1S/C11H22N2O4S/c1-3-5-10(11(14)15)12-18(16,17)13(4-2)8-9-6-7-9/h9-10,12H,3-8H2,1-2H3,(H,14,15). The van der Waals surface area contributed by atoms with Crippen LogP contribution in [-0.2, 0) is 15.0 Å². The first-order chi connectivity index (χ1) is 8.40. The number of aliphatic carboxylic acids is 1. The molecule has 106 valence electrons. The van der Waals surface area contributed by atoms with Crippen molar-refractivity contribution in [3.63, 3.8) is 0 Å². The van der Waals surface area contributed by atoms with Crippen LogP contribution in [0.3, 0.4) is 0 Å². The zero-order chi connectivity index (χ0) is 13.8. The first kappa shape index (κ1) is 15.4. The summed E-state index contributed by atoms with van der Waals surface area (Å²) in [6, 6.07) is -1.03. The van der Waals surface area contributed by atoms with Crippen LogP contribution in [-0.4, -0.2) is 42.9 Å². The lowest BCUT2D eigenvalue weighted by molar-refractivity contribution is -0.139. The molecule has 0 saturated heterocycles. The van der Waals surface area contributed by atoms with E-state index in [9.17, 15) is 13.2 Å². The van der Waals surface area contributed by atoms with Gasteiger partial charge in [-0.05, 0) is 25.2 Å². The molecule has 7 heteroatoms. The maximum Gasteiger partial charge on any atom is 0.321 e. The van der Waals surface area contributed by atoms with Crippen LogP contribution in [0.4, 0.5) is 0 Å². The SMILES string of the molecule is CCCC(NS(=O)(=O)N(CC)CC1CC1)C(=O)O. The molecule has 0 aromatic rings. The summed E-state index contributed by atoms with van der Waals surface area (Å²) in [4.78, 5) is 11.0. The third kappa shape index (κ3) is 4.55. The molecule has 1 fully saturated rings. The van der Waals surface area contributed by atoms with E-state index in [0.29, 0.717) is 31.8 Å². The van der Waals surface area contributed by atoms with Gasteiger partial charge in [-0.3, -0.25) is 4.79 Å². The van der Waals surface area contributed by atoms with Gasteiger partial charge in [0.25, 0.3) is 10.2 Å². The maximum absolute atomic E-state index is 12.1. The highest BCUT2D eigenvalue weighted by atomic mass is 32.2. The van der Waals surface area contributed by atoms with E-state index >= 15 is 0 Å². The van der Waals surface area contributed by atoms with Crippen molar-refractivity contribution in [1.82, 2.24) is 9.03 Å². The molecule has 0 bridgehead atoms. The summed E-state index contributed by atoms with van der Waals surface area (Å²) in [5.74, 6) is -0.682. The second-order valence-corrected chi connectivity index (χ2v) is 6.40. The van der Waals surface area contributed by atoms with E-state index in [0.717, 1.165) is 12.8 Å². The zero-order valence-corrected chi connectivity index (χ0v) is 11.7. The smallest absolute Gasteiger partial charge is 0.321 e. The molecule has 18 heavy (non-hydrogen) atoms. The molecule has 1 saturated carbocycles. The number of rotatable bonds is 9. The average molecular weight is 278 g/mol. The summed E-state index contributed by atoms with van der Waals surface area (Å²) >= 11 is 0. The van der Waals surface area contributed by atoms with Crippen LogP contribution in [0.15, 0.2) is 0 Å². The highest BCUT2D eigenvalue weighted by molar-refractivity contribution is 7.87. The predicted molar refractivity (Wildman–Crippen MR) is 68.4 cm³/mol. The predicted octanol–water partition coefficient (Wildman–Crippen LogP) is 0.806. The average Bonchev–Trinajstić information content (AvgIpc) is 3.08. The van der Waals surface area contributed by atoms with Crippen molar-refractivity contribution >= 4 is 16.2 Å². The van der Waals surface area contributed by atoms with Gasteiger partial charge in [-0.15, -0.1) is 0 Å². The van der Waals surface area contributed by atoms with E-state index in [1.165, 1.54) is 4.31 Å². The summed E-state index contributed by atoms with van der Waals surface area (Å²) in [5.41, 5.74) is 0. The van der Waals surface area contributed by atoms with Crippen LogP contribution in [0.1, 0.15) is 39.5 Å². The monoisotopic (exact) mass is 278 g/mol. The molecule has 0 aliphatic heterocycles. The van der Waals surface area contributed by atoms with Crippen molar-refractivity contribution in [2.45, 2.75) is 45.6 Å². The van der Waals surface area contributed by atoms with E-state index in [1.54, 1.807) is 6.92 Å². The third-order valence-corrected chi connectivity index (χ3v) is 4.69. The molecule has 1 unspecified atom stereocenters. The van der Waals surface area contributed by atoms with Gasteiger partial charge in [0.05, 0.1) is 0 Å². The fraction of sp³-hybridized carbons (Fsp3) is 0.909. The van der Waals surface area contributed by atoms with Gasteiger partial charge in [-0.1, -0.05) is 20.3 Å². The van der Waals surface area contributed by atoms with Gasteiger partial charge in [0.15, 0.2) is 0 Å². The van der Waals surface area contributed by atoms with E-state index < -0.39 is 22.2 Å². The Balaban J connectivity index is 2.66. The van der Waals surface area contributed by atoms with E-state index in [1.807, 2.05) is 6.92 Å². The lowest BCUT2D eigenvalue weighted by Crippen LogP contribution is -2.48. The number of hydrogen-bond donors (Lipinski definition) is 2. The fourth-order valence-electron chi connectivity index (χ4n) is 1.76. The molecule has 1 rings (SSSR count). The Morgan fingerprint density at radius 3 is 2.44 bits per heavy atom. The number of carboxylic acid groups (broad SMARTS) is 1. The van der Waals surface area contributed by atoms with Gasteiger partial charge in [0.2, 0.25) is 0 Å². The molecular formula is C11H22N2O4S. The Hall–Kier alpha value is -0.660. The molecule has 1 aliphatic rings. The van der Waals surface area contributed by atoms with Gasteiger partial charge in [-0.25, -0.2) is 0 Å². The third-order valence-electron chi connectivity index (χ3n) is 3.02. The van der Waals surface area contributed by atoms with Gasteiger partial charge >= 0.3 is 5.97 Å². The van der Waals surface area contributed by atoms with Crippen molar-refractivity contribution < 1.29 is 18.3 Å². The molecule has 1 atom stereocenters. The van der Waals surface area contributed by atoms with E-state index in [-0.39, 0.29) is 0 Å². The number of hydrogen-bond acceptors (Lipinski definition) is 3. The van der Waals surface area contributed by atoms with Crippen LogP contribution in [0.2, 0.25) is 0 Å². The first-order valence-corrected chi connectivity index (χ1v) is 7.84. The zero-order valence-electron chi connectivity index (χ0n) is 10.9. The highest BCUT2D eigenvalue weighted by Crippen LogP contribution is 2.30. The van der Waals surface area contributed by atoms with Crippen molar-refractivity contribution in [3.8, 4) is 0 Å². The van der Waals surface area contributed by atoms with Gasteiger partial charge in [-0.2, -0.15) is 17.4 Å². The quantitative estimate of drug-likeness (QED) is 0.653. The molecule has 1 aliphatic carbocycles. The molecule has 6 nitrogen and oxygen atoms in total. The lowest BCUT2D eigenvalue weighted by atomic mass is 10.2. The Bertz CT molecular complexity index is 379. The Labute approximate surface area is 109 Å². The van der Waals surface area contributed by atoms with Gasteiger partial charge in [0, 0.05) is 13.1 Å². The summed E-state index contributed by atoms with van der Waals surface area (Å²) in [6.07, 6.45) is 3.04. The fourth-order valence-corrected chi connectivity index (χ4v) is 3.24. The summed E-state index contributed by atoms with van der Waals surface area (Å²) < 4.78 is 27.7. The van der Waals surface area contributed by atoms with E-state index in [2.05, 4.69) is 4.72 Å². The van der Waals surface area contributed by atoms with Crippen molar-refractivity contribution in [2.75, 3.05) is 13.1 Å². The number of carbonyl (C=O) groups is 1. The van der Waals surface area contributed by atoms with Crippen molar-refractivity contribution in [2.24, 2.45) is 5.92 Å². The van der Waals surface area contributed by atoms with Crippen molar-refractivity contribution in [1.29, 1.82) is 0 Å². The number of nitrogens with zero attached hydrogens (tertiary/aromatic N) is 1. The Kier molecular flexibility index (Phi) is 5.55. The minimum atomic E-state index is -3.69. The molecule has 0 aromatic carbocycles. The Morgan fingerprint density at radius 1 is 1.44 bits per heavy atom. The topological polar surface area (TPSA) is 86.7 Å². The molecular weight excluding hydrogens is 256 g/mol. The highest BCUT2D eigenvalue weighted by Gasteiger charge is 2.32. The molecule has 0 heterocycles. The molecule has 0 aromatic heterocycles. The molecule has 0 spiro atoms. The van der Waals surface area contributed by atoms with E-state index in [4.69, 9.17) is 5.11 Å². The summed E-state index contributed by atoms with van der Waals surface area (Å²) in [7, 11) is -3.69. The number of carboxylic acids is 1. The van der Waals surface area contributed by atoms with Crippen LogP contribution in [0.5, 0.6) is 0 Å². The van der Waals surface area contributed by atoms with Gasteiger partial charge in [0.1, 0.15) is 6.04 Å². The minimum Gasteiger partial charge on any atom is -0.480 e. The van der Waals surface area contributed by atoms with Crippen LogP contribution in [0.25, 0.3) is 0 Å². The van der Waals surface area contributed by atoms with Crippen molar-refractivity contribution in [3.05, 3.63) is 0 Å². The first-order valence-electron chi connectivity index (χ1n) is 6.40. The Morgan fingerprint density at radius 2 is 2.06 bits per heavy atom. The minimum absolute atomic E-state index is 0.301. The number of nitrogens with one attached hydrogen (secondary N) is 1. The van der Waals surface area contributed by atoms with Crippen LogP contribution < -0.4 is 4.72 Å². The largest absolute Gasteiger partial charge is 0.480 e. The van der Waals surface area contributed by atoms with Gasteiger partial charge < -0.3 is 5.11 Å². The van der Waals surface area contributed by atoms with Crippen LogP contribution >= 0.6 is 0 Å². The lowest BCUT2D eigenvalue weighted by Gasteiger charge is -2.23. The maximum atomic E-state index is 12.1. The second-order valence-electron chi connectivity index (χ2n) is 4.70. The summed E-state index contributed by atoms with van der Waals surface area (Å²) in [5, 5.41) is 8.97. The molecule has 0 amide bonds. The summed E-state index contributed by atoms with van der Waals surface area (Å²) in [6.45, 7) is 4.44. The second kappa shape index (κ2) is 6.49. The van der Waals surface area contributed by atoms with Crippen LogP contribution in [0, 0.1) is 5.92 Å².